The molecule has 16 heavy (non-hydrogen) atoms. The van der Waals surface area contributed by atoms with Crippen LogP contribution in [-0.2, 0) is 0 Å². The predicted octanol–water partition coefficient (Wildman–Crippen LogP) is 5.16. The summed E-state index contributed by atoms with van der Waals surface area (Å²) in [5.41, 5.74) is 0.579. The molecule has 0 unspecified atom stereocenters. The normalized spacial score (nSPS) is 10.4. The molecule has 0 saturated heterocycles. The summed E-state index contributed by atoms with van der Waals surface area (Å²) in [5, 5.41) is 2.43. The van der Waals surface area contributed by atoms with Gasteiger partial charge in [0.15, 0.2) is 0 Å². The van der Waals surface area contributed by atoms with Crippen molar-refractivity contribution in [1.82, 2.24) is 0 Å². The highest BCUT2D eigenvalue weighted by Crippen LogP contribution is 2.29. The molecule has 2 rings (SSSR count). The molecule has 0 spiro atoms. The van der Waals surface area contributed by atoms with Crippen molar-refractivity contribution < 1.29 is 4.79 Å². The molecular formula is C11H5Br2ClOS. The van der Waals surface area contributed by atoms with Crippen molar-refractivity contribution in [2.75, 3.05) is 0 Å². The van der Waals surface area contributed by atoms with E-state index in [0.717, 1.165) is 8.95 Å². The summed E-state index contributed by atoms with van der Waals surface area (Å²) in [6.45, 7) is 0. The number of rotatable bonds is 2. The summed E-state index contributed by atoms with van der Waals surface area (Å²) in [7, 11) is 0. The Bertz CT molecular complexity index is 551. The van der Waals surface area contributed by atoms with Crippen LogP contribution < -0.4 is 0 Å². The summed E-state index contributed by atoms with van der Waals surface area (Å²) in [6, 6.07) is 7.04. The van der Waals surface area contributed by atoms with E-state index in [1.807, 2.05) is 11.4 Å². The number of hydrogen-bond acceptors (Lipinski definition) is 2. The minimum absolute atomic E-state index is 0.0312. The number of carbonyl (C=O) groups is 1. The highest BCUT2D eigenvalue weighted by molar-refractivity contribution is 9.11. The molecule has 2 aromatic rings. The lowest BCUT2D eigenvalue weighted by atomic mass is 10.1. The van der Waals surface area contributed by atoms with Crippen LogP contribution >= 0.6 is 54.8 Å². The average Bonchev–Trinajstić information content (AvgIpc) is 2.67. The lowest BCUT2D eigenvalue weighted by molar-refractivity contribution is 0.104. The maximum absolute atomic E-state index is 12.2. The molecular weight excluding hydrogens is 375 g/mol. The second-order valence-corrected chi connectivity index (χ2v) is 6.11. The first kappa shape index (κ1) is 12.3. The number of halogens is 3. The topological polar surface area (TPSA) is 17.1 Å². The Balaban J connectivity index is 2.49. The van der Waals surface area contributed by atoms with Crippen molar-refractivity contribution in [3.8, 4) is 0 Å². The quantitative estimate of drug-likeness (QED) is 0.658. The van der Waals surface area contributed by atoms with Crippen LogP contribution in [0.15, 0.2) is 38.6 Å². The Morgan fingerprint density at radius 3 is 2.56 bits per heavy atom. The molecule has 0 atom stereocenters. The predicted molar refractivity (Wildman–Crippen MR) is 74.6 cm³/mol. The molecule has 1 nitrogen and oxygen atoms in total. The molecule has 0 amide bonds. The lowest BCUT2D eigenvalue weighted by Crippen LogP contribution is -2.00. The van der Waals surface area contributed by atoms with Crippen LogP contribution in [0.2, 0.25) is 5.02 Å². The zero-order valence-electron chi connectivity index (χ0n) is 7.84. The Labute approximate surface area is 119 Å². The zero-order valence-corrected chi connectivity index (χ0v) is 12.6. The zero-order chi connectivity index (χ0) is 11.7. The van der Waals surface area contributed by atoms with E-state index in [9.17, 15) is 4.79 Å². The second kappa shape index (κ2) is 5.00. The Morgan fingerprint density at radius 2 is 1.94 bits per heavy atom. The number of carbonyl (C=O) groups excluding carboxylic acids is 1. The first-order valence-corrected chi connectivity index (χ1v) is 7.16. The van der Waals surface area contributed by atoms with Gasteiger partial charge in [0.25, 0.3) is 0 Å². The number of hydrogen-bond donors (Lipinski definition) is 0. The Morgan fingerprint density at radius 1 is 1.19 bits per heavy atom. The van der Waals surface area contributed by atoms with Crippen LogP contribution in [0.5, 0.6) is 0 Å². The van der Waals surface area contributed by atoms with E-state index in [-0.39, 0.29) is 5.78 Å². The molecule has 0 fully saturated rings. The molecule has 0 aliphatic carbocycles. The van der Waals surface area contributed by atoms with Crippen LogP contribution in [0.4, 0.5) is 0 Å². The molecule has 0 aliphatic heterocycles. The minimum Gasteiger partial charge on any atom is -0.288 e. The molecule has 0 N–H and O–H groups in total. The van der Waals surface area contributed by atoms with Gasteiger partial charge in [-0.2, -0.15) is 0 Å². The van der Waals surface area contributed by atoms with Gasteiger partial charge < -0.3 is 0 Å². The van der Waals surface area contributed by atoms with Crippen LogP contribution in [0.1, 0.15) is 15.2 Å². The lowest BCUT2D eigenvalue weighted by Gasteiger charge is -2.03. The van der Waals surface area contributed by atoms with Gasteiger partial charge in [-0.25, -0.2) is 0 Å². The van der Waals surface area contributed by atoms with E-state index in [0.29, 0.717) is 15.5 Å². The van der Waals surface area contributed by atoms with E-state index >= 15 is 0 Å². The smallest absolute Gasteiger partial charge is 0.205 e. The van der Waals surface area contributed by atoms with E-state index in [4.69, 9.17) is 11.6 Å². The molecule has 0 aliphatic rings. The van der Waals surface area contributed by atoms with Crippen molar-refractivity contribution in [1.29, 1.82) is 0 Å². The van der Waals surface area contributed by atoms with Crippen molar-refractivity contribution in [3.63, 3.8) is 0 Å². The summed E-state index contributed by atoms with van der Waals surface area (Å²) < 4.78 is 1.57. The van der Waals surface area contributed by atoms with E-state index < -0.39 is 0 Å². The van der Waals surface area contributed by atoms with E-state index in [1.54, 1.807) is 18.2 Å². The summed E-state index contributed by atoms with van der Waals surface area (Å²) >= 11 is 14.0. The minimum atomic E-state index is -0.0312. The third-order valence-corrected chi connectivity index (χ3v) is 4.76. The highest BCUT2D eigenvalue weighted by Gasteiger charge is 2.16. The van der Waals surface area contributed by atoms with Crippen molar-refractivity contribution in [2.24, 2.45) is 0 Å². The fourth-order valence-corrected chi connectivity index (χ4v) is 3.35. The Hall–Kier alpha value is -0.160. The third kappa shape index (κ3) is 2.40. The van der Waals surface area contributed by atoms with Crippen LogP contribution in [0.3, 0.4) is 0 Å². The maximum Gasteiger partial charge on any atom is 0.205 e. The van der Waals surface area contributed by atoms with Crippen LogP contribution in [-0.4, -0.2) is 5.78 Å². The molecule has 1 heterocycles. The molecule has 0 radical (unpaired) electrons. The summed E-state index contributed by atoms with van der Waals surface area (Å²) in [5.74, 6) is -0.0312. The molecule has 0 bridgehead atoms. The summed E-state index contributed by atoms with van der Waals surface area (Å²) in [6.07, 6.45) is 0. The van der Waals surface area contributed by atoms with Gasteiger partial charge in [0.2, 0.25) is 5.78 Å². The van der Waals surface area contributed by atoms with E-state index in [2.05, 4.69) is 31.9 Å². The first-order chi connectivity index (χ1) is 7.59. The monoisotopic (exact) mass is 378 g/mol. The highest BCUT2D eigenvalue weighted by atomic mass is 79.9. The molecule has 5 heteroatoms. The maximum atomic E-state index is 12.2. The van der Waals surface area contributed by atoms with Crippen molar-refractivity contribution >= 4 is 60.6 Å². The van der Waals surface area contributed by atoms with Crippen LogP contribution in [0.25, 0.3) is 0 Å². The fourth-order valence-electron chi connectivity index (χ4n) is 1.25. The van der Waals surface area contributed by atoms with Gasteiger partial charge in [-0.15, -0.1) is 11.3 Å². The molecule has 1 aromatic heterocycles. The van der Waals surface area contributed by atoms with Gasteiger partial charge in [-0.05, 0) is 45.6 Å². The van der Waals surface area contributed by atoms with Gasteiger partial charge in [-0.3, -0.25) is 4.79 Å². The number of benzene rings is 1. The number of thiophene rings is 1. The van der Waals surface area contributed by atoms with Crippen molar-refractivity contribution in [2.45, 2.75) is 0 Å². The standard InChI is InChI=1S/C11H5Br2ClOS/c12-8-2-1-6(14)5-7(8)10(15)11-9(13)3-4-16-11/h1-5H. The molecule has 82 valence electrons. The first-order valence-electron chi connectivity index (χ1n) is 4.32. The van der Waals surface area contributed by atoms with Crippen LogP contribution in [0, 0.1) is 0 Å². The van der Waals surface area contributed by atoms with Crippen molar-refractivity contribution in [3.05, 3.63) is 54.1 Å². The Kier molecular flexibility index (Phi) is 3.85. The third-order valence-electron chi connectivity index (χ3n) is 2.00. The number of ketones is 1. The van der Waals surface area contributed by atoms with Gasteiger partial charge in [0, 0.05) is 19.5 Å². The van der Waals surface area contributed by atoms with Gasteiger partial charge in [0.1, 0.15) is 0 Å². The largest absolute Gasteiger partial charge is 0.288 e. The second-order valence-electron chi connectivity index (χ2n) is 3.05. The molecule has 0 saturated carbocycles. The fraction of sp³-hybridized carbons (Fsp3) is 0. The average molecular weight is 380 g/mol. The van der Waals surface area contributed by atoms with Gasteiger partial charge in [-0.1, -0.05) is 27.5 Å². The van der Waals surface area contributed by atoms with Gasteiger partial charge >= 0.3 is 0 Å². The summed E-state index contributed by atoms with van der Waals surface area (Å²) in [4.78, 5) is 12.9. The SMILES string of the molecule is O=C(c1cc(Cl)ccc1Br)c1sccc1Br. The van der Waals surface area contributed by atoms with E-state index in [1.165, 1.54) is 11.3 Å². The van der Waals surface area contributed by atoms with Gasteiger partial charge in [0.05, 0.1) is 4.88 Å². The molecule has 1 aromatic carbocycles.